The van der Waals surface area contributed by atoms with E-state index in [1.165, 1.54) is 0 Å². The van der Waals surface area contributed by atoms with Gasteiger partial charge in [-0.1, -0.05) is 42.5 Å². The normalized spacial score (nSPS) is 10.8. The molecule has 0 saturated heterocycles. The van der Waals surface area contributed by atoms with Crippen molar-refractivity contribution in [3.05, 3.63) is 60.4 Å². The van der Waals surface area contributed by atoms with Crippen molar-refractivity contribution in [2.45, 2.75) is 6.42 Å². The number of rotatable bonds is 5. The van der Waals surface area contributed by atoms with E-state index in [2.05, 4.69) is 50.4 Å². The zero-order valence-electron chi connectivity index (χ0n) is 12.7. The third kappa shape index (κ3) is 3.79. The minimum atomic E-state index is 0.113. The quantitative estimate of drug-likeness (QED) is 0.418. The third-order valence-corrected chi connectivity index (χ3v) is 3.38. The van der Waals surface area contributed by atoms with E-state index in [9.17, 15) is 0 Å². The number of thiocarbonyl (C=S) groups is 1. The minimum absolute atomic E-state index is 0.113. The predicted octanol–water partition coefficient (Wildman–Crippen LogP) is 1.69. The molecular formula is C16H15N7S. The van der Waals surface area contributed by atoms with Crippen LogP contribution in [0, 0.1) is 0 Å². The molecule has 2 aromatic carbocycles. The van der Waals surface area contributed by atoms with E-state index in [1.807, 2.05) is 42.5 Å². The highest BCUT2D eigenvalue weighted by Crippen LogP contribution is 2.20. The summed E-state index contributed by atoms with van der Waals surface area (Å²) >= 11 is 4.67. The van der Waals surface area contributed by atoms with E-state index in [0.29, 0.717) is 12.2 Å². The van der Waals surface area contributed by atoms with Gasteiger partial charge in [0.1, 0.15) is 0 Å². The van der Waals surface area contributed by atoms with E-state index in [1.54, 1.807) is 10.9 Å². The Labute approximate surface area is 144 Å². The summed E-state index contributed by atoms with van der Waals surface area (Å²) < 4.78 is 1.67. The molecule has 0 radical (unpaired) electrons. The van der Waals surface area contributed by atoms with Crippen LogP contribution in [0.1, 0.15) is 5.82 Å². The highest BCUT2D eigenvalue weighted by molar-refractivity contribution is 7.80. The zero-order chi connectivity index (χ0) is 16.8. The Bertz CT molecular complexity index is 840. The lowest BCUT2D eigenvalue weighted by atomic mass is 10.1. The first-order valence-electron chi connectivity index (χ1n) is 7.24. The van der Waals surface area contributed by atoms with Crippen molar-refractivity contribution in [1.29, 1.82) is 0 Å². The Balaban J connectivity index is 1.77. The zero-order valence-corrected chi connectivity index (χ0v) is 13.5. The van der Waals surface area contributed by atoms with Crippen LogP contribution in [0.5, 0.6) is 0 Å². The van der Waals surface area contributed by atoms with Crippen LogP contribution in [0.2, 0.25) is 0 Å². The third-order valence-electron chi connectivity index (χ3n) is 3.29. The summed E-state index contributed by atoms with van der Waals surface area (Å²) in [7, 11) is 0. The summed E-state index contributed by atoms with van der Waals surface area (Å²) in [6.07, 6.45) is 2.06. The fourth-order valence-corrected chi connectivity index (χ4v) is 2.25. The lowest BCUT2D eigenvalue weighted by Crippen LogP contribution is -2.24. The molecule has 0 aliphatic rings. The van der Waals surface area contributed by atoms with Crippen LogP contribution in [0.3, 0.4) is 0 Å². The first-order chi connectivity index (χ1) is 11.7. The fourth-order valence-electron chi connectivity index (χ4n) is 2.20. The van der Waals surface area contributed by atoms with Gasteiger partial charge in [0.05, 0.1) is 5.69 Å². The molecule has 3 aromatic rings. The first kappa shape index (κ1) is 15.8. The van der Waals surface area contributed by atoms with Gasteiger partial charge in [0.25, 0.3) is 0 Å². The Morgan fingerprint density at radius 3 is 2.54 bits per heavy atom. The maximum atomic E-state index is 5.30. The molecule has 0 amide bonds. The predicted molar refractivity (Wildman–Crippen MR) is 96.7 cm³/mol. The van der Waals surface area contributed by atoms with Crippen molar-refractivity contribution in [3.8, 4) is 16.8 Å². The van der Waals surface area contributed by atoms with E-state index < -0.39 is 0 Å². The lowest BCUT2D eigenvalue weighted by molar-refractivity contribution is 0.775. The van der Waals surface area contributed by atoms with Crippen LogP contribution in [0.4, 0.5) is 0 Å². The summed E-state index contributed by atoms with van der Waals surface area (Å²) in [4.78, 5) is 0. The van der Waals surface area contributed by atoms with Gasteiger partial charge >= 0.3 is 0 Å². The van der Waals surface area contributed by atoms with Gasteiger partial charge in [0.15, 0.2) is 10.9 Å². The lowest BCUT2D eigenvalue weighted by Gasteiger charge is -2.05. The number of hydrogen-bond donors (Lipinski definition) is 2. The van der Waals surface area contributed by atoms with Crippen LogP contribution in [0.25, 0.3) is 16.8 Å². The molecule has 3 N–H and O–H groups in total. The van der Waals surface area contributed by atoms with Crippen molar-refractivity contribution in [2.75, 3.05) is 0 Å². The molecular weight excluding hydrogens is 322 g/mol. The van der Waals surface area contributed by atoms with Crippen molar-refractivity contribution >= 4 is 23.5 Å². The van der Waals surface area contributed by atoms with Gasteiger partial charge in [0.2, 0.25) is 0 Å². The molecule has 0 fully saturated rings. The Morgan fingerprint density at radius 2 is 1.83 bits per heavy atom. The second-order valence-electron chi connectivity index (χ2n) is 4.91. The van der Waals surface area contributed by atoms with Gasteiger partial charge in [0, 0.05) is 12.6 Å². The van der Waals surface area contributed by atoms with Crippen molar-refractivity contribution in [1.82, 2.24) is 25.6 Å². The second kappa shape index (κ2) is 7.42. The molecule has 0 unspecified atom stereocenters. The number of aromatic nitrogens is 4. The highest BCUT2D eigenvalue weighted by Gasteiger charge is 2.07. The van der Waals surface area contributed by atoms with Crippen molar-refractivity contribution in [2.24, 2.45) is 10.8 Å². The monoisotopic (exact) mass is 337 g/mol. The standard InChI is InChI=1S/C16H15N7S/c17-16(24)20-18-11-10-15-19-21-22-23(15)14-8-6-13(7-9-14)12-4-2-1-3-5-12/h1-9,11H,10H2,(H3,17,20,24). The van der Waals surface area contributed by atoms with E-state index >= 15 is 0 Å². The van der Waals surface area contributed by atoms with Crippen LogP contribution in [0.15, 0.2) is 59.7 Å². The Kier molecular flexibility index (Phi) is 4.87. The van der Waals surface area contributed by atoms with Gasteiger partial charge in [-0.05, 0) is 45.9 Å². The number of nitrogens with one attached hydrogen (secondary N) is 1. The molecule has 0 spiro atoms. The average molecular weight is 337 g/mol. The molecule has 24 heavy (non-hydrogen) atoms. The maximum Gasteiger partial charge on any atom is 0.184 e. The molecule has 0 aliphatic heterocycles. The van der Waals surface area contributed by atoms with Crippen LogP contribution in [-0.4, -0.2) is 31.5 Å². The number of hydrogen-bond acceptors (Lipinski definition) is 5. The maximum absolute atomic E-state index is 5.30. The number of hydrazone groups is 1. The summed E-state index contributed by atoms with van der Waals surface area (Å²) in [6, 6.07) is 18.2. The number of nitrogens with two attached hydrogens (primary N) is 1. The first-order valence-corrected chi connectivity index (χ1v) is 7.65. The van der Waals surface area contributed by atoms with Gasteiger partial charge in [-0.2, -0.15) is 9.78 Å². The van der Waals surface area contributed by atoms with Crippen LogP contribution < -0.4 is 11.2 Å². The SMILES string of the molecule is NC(=S)NN=CCc1nnnn1-c1ccc(-c2ccccc2)cc1. The molecule has 0 saturated carbocycles. The second-order valence-corrected chi connectivity index (χ2v) is 5.35. The molecule has 1 aromatic heterocycles. The van der Waals surface area contributed by atoms with Gasteiger partial charge in [-0.3, -0.25) is 5.43 Å². The fraction of sp³-hybridized carbons (Fsp3) is 0.0625. The topological polar surface area (TPSA) is 94.0 Å². The Hall–Kier alpha value is -3.13. The van der Waals surface area contributed by atoms with E-state index in [-0.39, 0.29) is 5.11 Å². The minimum Gasteiger partial charge on any atom is -0.375 e. The molecule has 0 bridgehead atoms. The molecule has 120 valence electrons. The van der Waals surface area contributed by atoms with Crippen LogP contribution in [-0.2, 0) is 6.42 Å². The van der Waals surface area contributed by atoms with Gasteiger partial charge in [-0.15, -0.1) is 5.10 Å². The molecule has 1 heterocycles. The number of benzene rings is 2. The van der Waals surface area contributed by atoms with Gasteiger partial charge in [-0.25, -0.2) is 0 Å². The highest BCUT2D eigenvalue weighted by atomic mass is 32.1. The van der Waals surface area contributed by atoms with Crippen molar-refractivity contribution in [3.63, 3.8) is 0 Å². The molecule has 8 heteroatoms. The molecule has 0 atom stereocenters. The van der Waals surface area contributed by atoms with Gasteiger partial charge < -0.3 is 5.73 Å². The molecule has 3 rings (SSSR count). The number of nitrogens with zero attached hydrogens (tertiary/aromatic N) is 5. The average Bonchev–Trinajstić information content (AvgIpc) is 3.08. The summed E-state index contributed by atoms with van der Waals surface area (Å²) in [5.74, 6) is 0.663. The Morgan fingerprint density at radius 1 is 1.12 bits per heavy atom. The van der Waals surface area contributed by atoms with E-state index in [0.717, 1.165) is 16.8 Å². The smallest absolute Gasteiger partial charge is 0.184 e. The summed E-state index contributed by atoms with van der Waals surface area (Å²) in [6.45, 7) is 0. The van der Waals surface area contributed by atoms with Crippen LogP contribution >= 0.6 is 12.2 Å². The number of tetrazole rings is 1. The summed E-state index contributed by atoms with van der Waals surface area (Å²) in [5.41, 5.74) is 11.0. The largest absolute Gasteiger partial charge is 0.375 e. The summed E-state index contributed by atoms with van der Waals surface area (Å²) in [5, 5.41) is 15.8. The molecule has 7 nitrogen and oxygen atoms in total. The molecule has 0 aliphatic carbocycles. The van der Waals surface area contributed by atoms with E-state index in [4.69, 9.17) is 5.73 Å². The van der Waals surface area contributed by atoms with Crippen molar-refractivity contribution < 1.29 is 0 Å².